The summed E-state index contributed by atoms with van der Waals surface area (Å²) in [5, 5.41) is 0. The Bertz CT molecular complexity index is 510. The lowest BCUT2D eigenvalue weighted by molar-refractivity contribution is -0.0492. The molecule has 5 heteroatoms. The number of aromatic nitrogens is 2. The van der Waals surface area contributed by atoms with Crippen LogP contribution >= 0.6 is 0 Å². The van der Waals surface area contributed by atoms with Gasteiger partial charge in [0.15, 0.2) is 0 Å². The van der Waals surface area contributed by atoms with Crippen molar-refractivity contribution in [1.82, 2.24) is 19.8 Å². The second-order valence-corrected chi connectivity index (χ2v) is 7.37. The maximum atomic E-state index is 5.59. The number of hydrogen-bond donors (Lipinski definition) is 0. The van der Waals surface area contributed by atoms with Gasteiger partial charge in [0.05, 0.1) is 18.9 Å². The molecule has 0 N–H and O–H groups in total. The SMILES string of the molecule is CCc1nccc(CN(C)CC2(N3CCOCC3)CCCCC2)n1. The largest absolute Gasteiger partial charge is 0.379 e. The highest BCUT2D eigenvalue weighted by Crippen LogP contribution is 2.35. The molecule has 24 heavy (non-hydrogen) atoms. The molecular formula is C19H32N4O. The van der Waals surface area contributed by atoms with E-state index in [-0.39, 0.29) is 0 Å². The summed E-state index contributed by atoms with van der Waals surface area (Å²) in [5.41, 5.74) is 1.47. The first kappa shape index (κ1) is 17.8. The lowest BCUT2D eigenvalue weighted by atomic mass is 9.79. The molecule has 134 valence electrons. The number of nitrogens with zero attached hydrogens (tertiary/aromatic N) is 4. The van der Waals surface area contributed by atoms with E-state index in [0.29, 0.717) is 5.54 Å². The van der Waals surface area contributed by atoms with Gasteiger partial charge in [-0.05, 0) is 26.0 Å². The van der Waals surface area contributed by atoms with E-state index in [2.05, 4.69) is 39.8 Å². The third kappa shape index (κ3) is 4.32. The van der Waals surface area contributed by atoms with Crippen molar-refractivity contribution >= 4 is 0 Å². The van der Waals surface area contributed by atoms with Gasteiger partial charge in [-0.15, -0.1) is 0 Å². The number of ether oxygens (including phenoxy) is 1. The van der Waals surface area contributed by atoms with E-state index in [1.807, 2.05) is 6.20 Å². The Morgan fingerprint density at radius 2 is 1.96 bits per heavy atom. The van der Waals surface area contributed by atoms with Crippen molar-refractivity contribution in [1.29, 1.82) is 0 Å². The average Bonchev–Trinajstić information content (AvgIpc) is 2.63. The van der Waals surface area contributed by atoms with Crippen LogP contribution in [-0.2, 0) is 17.7 Å². The fourth-order valence-corrected chi connectivity index (χ4v) is 4.36. The van der Waals surface area contributed by atoms with Crippen molar-refractivity contribution in [3.63, 3.8) is 0 Å². The number of morpholine rings is 1. The second kappa shape index (κ2) is 8.37. The monoisotopic (exact) mass is 332 g/mol. The zero-order chi connectivity index (χ0) is 16.8. The van der Waals surface area contributed by atoms with Gasteiger partial charge in [-0.2, -0.15) is 0 Å². The summed E-state index contributed by atoms with van der Waals surface area (Å²) in [4.78, 5) is 14.2. The molecular weight excluding hydrogens is 300 g/mol. The maximum Gasteiger partial charge on any atom is 0.128 e. The fraction of sp³-hybridized carbons (Fsp3) is 0.789. The van der Waals surface area contributed by atoms with Gasteiger partial charge in [0.2, 0.25) is 0 Å². The lowest BCUT2D eigenvalue weighted by Crippen LogP contribution is -2.59. The molecule has 1 aromatic rings. The predicted molar refractivity (Wildman–Crippen MR) is 96.0 cm³/mol. The third-order valence-corrected chi connectivity index (χ3v) is 5.54. The van der Waals surface area contributed by atoms with Crippen LogP contribution < -0.4 is 0 Å². The molecule has 0 atom stereocenters. The summed E-state index contributed by atoms with van der Waals surface area (Å²) in [6, 6.07) is 2.05. The van der Waals surface area contributed by atoms with Crippen LogP contribution in [-0.4, -0.2) is 65.2 Å². The average molecular weight is 332 g/mol. The van der Waals surface area contributed by atoms with E-state index in [9.17, 15) is 0 Å². The quantitative estimate of drug-likeness (QED) is 0.801. The Morgan fingerprint density at radius 1 is 1.21 bits per heavy atom. The van der Waals surface area contributed by atoms with Crippen LogP contribution in [0, 0.1) is 0 Å². The minimum Gasteiger partial charge on any atom is -0.379 e. The van der Waals surface area contributed by atoms with Crippen molar-refractivity contribution in [3.05, 3.63) is 23.8 Å². The smallest absolute Gasteiger partial charge is 0.128 e. The molecule has 1 saturated carbocycles. The Kier molecular flexibility index (Phi) is 6.19. The Morgan fingerprint density at radius 3 is 2.67 bits per heavy atom. The van der Waals surface area contributed by atoms with E-state index < -0.39 is 0 Å². The zero-order valence-electron chi connectivity index (χ0n) is 15.3. The second-order valence-electron chi connectivity index (χ2n) is 7.37. The van der Waals surface area contributed by atoms with Gasteiger partial charge in [0.1, 0.15) is 5.82 Å². The molecule has 1 aliphatic carbocycles. The van der Waals surface area contributed by atoms with Gasteiger partial charge in [-0.25, -0.2) is 9.97 Å². The van der Waals surface area contributed by atoms with Crippen LogP contribution in [0.1, 0.15) is 50.5 Å². The Labute approximate surface area is 146 Å². The van der Waals surface area contributed by atoms with Gasteiger partial charge in [0, 0.05) is 44.3 Å². The maximum absolute atomic E-state index is 5.59. The molecule has 2 aliphatic rings. The normalized spacial score (nSPS) is 22.0. The fourth-order valence-electron chi connectivity index (χ4n) is 4.36. The molecule has 3 rings (SSSR count). The van der Waals surface area contributed by atoms with Crippen LogP contribution in [0.2, 0.25) is 0 Å². The van der Waals surface area contributed by atoms with Gasteiger partial charge >= 0.3 is 0 Å². The summed E-state index contributed by atoms with van der Waals surface area (Å²) < 4.78 is 5.59. The molecule has 0 spiro atoms. The summed E-state index contributed by atoms with van der Waals surface area (Å²) >= 11 is 0. The highest BCUT2D eigenvalue weighted by molar-refractivity contribution is 5.03. The van der Waals surface area contributed by atoms with E-state index in [4.69, 9.17) is 4.74 Å². The molecule has 1 saturated heterocycles. The summed E-state index contributed by atoms with van der Waals surface area (Å²) in [5.74, 6) is 0.946. The number of hydrogen-bond acceptors (Lipinski definition) is 5. The molecule has 2 fully saturated rings. The molecule has 5 nitrogen and oxygen atoms in total. The first-order valence-corrected chi connectivity index (χ1v) is 9.54. The van der Waals surface area contributed by atoms with Gasteiger partial charge in [0.25, 0.3) is 0 Å². The van der Waals surface area contributed by atoms with E-state index >= 15 is 0 Å². The van der Waals surface area contributed by atoms with Crippen LogP contribution in [0.15, 0.2) is 12.3 Å². The van der Waals surface area contributed by atoms with Crippen molar-refractivity contribution in [2.45, 2.75) is 57.5 Å². The van der Waals surface area contributed by atoms with E-state index in [1.165, 1.54) is 32.1 Å². The van der Waals surface area contributed by atoms with Crippen LogP contribution in [0.4, 0.5) is 0 Å². The number of rotatable bonds is 6. The minimum absolute atomic E-state index is 0.331. The highest BCUT2D eigenvalue weighted by atomic mass is 16.5. The third-order valence-electron chi connectivity index (χ3n) is 5.54. The van der Waals surface area contributed by atoms with E-state index in [1.54, 1.807) is 0 Å². The van der Waals surface area contributed by atoms with Crippen LogP contribution in [0.5, 0.6) is 0 Å². The zero-order valence-corrected chi connectivity index (χ0v) is 15.3. The van der Waals surface area contributed by atoms with Crippen molar-refractivity contribution in [2.75, 3.05) is 39.9 Å². The molecule has 0 amide bonds. The first-order valence-electron chi connectivity index (χ1n) is 9.54. The Hall–Kier alpha value is -1.04. The molecule has 1 aliphatic heterocycles. The van der Waals surface area contributed by atoms with Gasteiger partial charge in [-0.3, -0.25) is 9.80 Å². The number of likely N-dealkylation sites (N-methyl/N-ethyl adjacent to an activating group) is 1. The minimum atomic E-state index is 0.331. The first-order chi connectivity index (χ1) is 11.7. The topological polar surface area (TPSA) is 41.5 Å². The van der Waals surface area contributed by atoms with Crippen molar-refractivity contribution in [3.8, 4) is 0 Å². The van der Waals surface area contributed by atoms with E-state index in [0.717, 1.165) is 57.3 Å². The standard InChI is InChI=1S/C19H32N4O/c1-3-18-20-10-7-17(21-18)15-22(2)16-19(8-5-4-6-9-19)23-11-13-24-14-12-23/h7,10H,3-6,8-9,11-16H2,1-2H3. The summed E-state index contributed by atoms with van der Waals surface area (Å²) in [7, 11) is 2.24. The van der Waals surface area contributed by atoms with Crippen molar-refractivity contribution < 1.29 is 4.74 Å². The molecule has 0 unspecified atom stereocenters. The molecule has 1 aromatic heterocycles. The Balaban J connectivity index is 1.67. The van der Waals surface area contributed by atoms with Crippen LogP contribution in [0.3, 0.4) is 0 Å². The summed E-state index contributed by atoms with van der Waals surface area (Å²) in [6.45, 7) is 8.08. The molecule has 2 heterocycles. The van der Waals surface area contributed by atoms with Gasteiger partial charge in [-0.1, -0.05) is 26.2 Å². The lowest BCUT2D eigenvalue weighted by Gasteiger charge is -2.49. The highest BCUT2D eigenvalue weighted by Gasteiger charge is 2.39. The van der Waals surface area contributed by atoms with Crippen LogP contribution in [0.25, 0.3) is 0 Å². The molecule has 0 radical (unpaired) electrons. The predicted octanol–water partition coefficient (Wildman–Crippen LogP) is 2.51. The summed E-state index contributed by atoms with van der Waals surface area (Å²) in [6.07, 6.45) is 9.55. The molecule has 0 bridgehead atoms. The number of aryl methyl sites for hydroxylation is 1. The van der Waals surface area contributed by atoms with Crippen molar-refractivity contribution in [2.24, 2.45) is 0 Å². The van der Waals surface area contributed by atoms with Gasteiger partial charge < -0.3 is 4.74 Å². The molecule has 0 aromatic carbocycles.